The molecule has 0 spiro atoms. The largest absolute Gasteiger partial charge is 0.497 e. The summed E-state index contributed by atoms with van der Waals surface area (Å²) in [6.07, 6.45) is 1.22. The molecule has 1 aromatic carbocycles. The summed E-state index contributed by atoms with van der Waals surface area (Å²) in [6.45, 7) is 0. The lowest BCUT2D eigenvalue weighted by Gasteiger charge is -1.98. The van der Waals surface area contributed by atoms with Gasteiger partial charge in [-0.1, -0.05) is 11.8 Å². The molecule has 1 heterocycles. The summed E-state index contributed by atoms with van der Waals surface area (Å²) in [7, 11) is 3.04. The quantitative estimate of drug-likeness (QED) is 0.500. The predicted octanol–water partition coefficient (Wildman–Crippen LogP) is 2.62. The molecule has 102 valence electrons. The number of carbonyl (C=O) groups is 1. The lowest BCUT2D eigenvalue weighted by Crippen LogP contribution is -2.00. The van der Waals surface area contributed by atoms with E-state index in [0.29, 0.717) is 6.42 Å². The van der Waals surface area contributed by atoms with Crippen molar-refractivity contribution in [3.8, 4) is 5.75 Å². The molecule has 0 aliphatic rings. The topological polar surface area (TPSA) is 64.2 Å². The number of H-pyrrole nitrogens is 1. The molecule has 0 aliphatic heterocycles. The molecule has 0 unspecified atom stereocenters. The van der Waals surface area contributed by atoms with Gasteiger partial charge < -0.3 is 14.5 Å². The zero-order valence-corrected chi connectivity index (χ0v) is 11.8. The van der Waals surface area contributed by atoms with Crippen LogP contribution in [-0.2, 0) is 9.53 Å². The van der Waals surface area contributed by atoms with Crippen molar-refractivity contribution in [3.63, 3.8) is 0 Å². The van der Waals surface area contributed by atoms with E-state index >= 15 is 0 Å². The number of rotatable bonds is 6. The van der Waals surface area contributed by atoms with E-state index < -0.39 is 0 Å². The highest BCUT2D eigenvalue weighted by atomic mass is 32.2. The van der Waals surface area contributed by atoms with E-state index in [9.17, 15) is 4.79 Å². The second kappa shape index (κ2) is 6.47. The average Bonchev–Trinajstić information content (AvgIpc) is 2.84. The van der Waals surface area contributed by atoms with E-state index in [1.54, 1.807) is 18.9 Å². The van der Waals surface area contributed by atoms with Crippen molar-refractivity contribution >= 4 is 28.8 Å². The molecule has 0 saturated carbocycles. The van der Waals surface area contributed by atoms with E-state index in [2.05, 4.69) is 14.7 Å². The van der Waals surface area contributed by atoms with Gasteiger partial charge in [0.2, 0.25) is 0 Å². The van der Waals surface area contributed by atoms with Gasteiger partial charge in [-0.05, 0) is 18.6 Å². The van der Waals surface area contributed by atoms with Crippen LogP contribution in [0.5, 0.6) is 5.75 Å². The van der Waals surface area contributed by atoms with Gasteiger partial charge in [0, 0.05) is 18.2 Å². The maximum absolute atomic E-state index is 11.0. The maximum Gasteiger partial charge on any atom is 0.305 e. The SMILES string of the molecule is COC(=O)CCCSc1nc2ccc(OC)cc2[nH]1. The van der Waals surface area contributed by atoms with E-state index in [1.807, 2.05) is 18.2 Å². The van der Waals surface area contributed by atoms with Gasteiger partial charge in [-0.15, -0.1) is 0 Å². The Morgan fingerprint density at radius 2 is 2.26 bits per heavy atom. The van der Waals surface area contributed by atoms with Gasteiger partial charge >= 0.3 is 5.97 Å². The van der Waals surface area contributed by atoms with Gasteiger partial charge in [0.1, 0.15) is 5.75 Å². The minimum Gasteiger partial charge on any atom is -0.497 e. The highest BCUT2D eigenvalue weighted by Crippen LogP contribution is 2.23. The summed E-state index contributed by atoms with van der Waals surface area (Å²) in [5.74, 6) is 1.46. The summed E-state index contributed by atoms with van der Waals surface area (Å²) in [4.78, 5) is 18.7. The number of thioether (sulfide) groups is 1. The zero-order chi connectivity index (χ0) is 13.7. The van der Waals surface area contributed by atoms with Gasteiger partial charge in [0.15, 0.2) is 5.16 Å². The van der Waals surface area contributed by atoms with Crippen molar-refractivity contribution < 1.29 is 14.3 Å². The highest BCUT2D eigenvalue weighted by Gasteiger charge is 2.05. The Kier molecular flexibility index (Phi) is 4.68. The minimum atomic E-state index is -0.171. The first-order valence-corrected chi connectivity index (χ1v) is 6.95. The van der Waals surface area contributed by atoms with Gasteiger partial charge in [0.25, 0.3) is 0 Å². The smallest absolute Gasteiger partial charge is 0.305 e. The van der Waals surface area contributed by atoms with E-state index in [0.717, 1.165) is 34.1 Å². The average molecular weight is 280 g/mol. The maximum atomic E-state index is 11.0. The Bertz CT molecular complexity index is 568. The Balaban J connectivity index is 1.92. The summed E-state index contributed by atoms with van der Waals surface area (Å²) in [5, 5.41) is 0.855. The fraction of sp³-hybridized carbons (Fsp3) is 0.385. The summed E-state index contributed by atoms with van der Waals surface area (Å²) < 4.78 is 9.75. The van der Waals surface area contributed by atoms with Crippen molar-refractivity contribution in [2.75, 3.05) is 20.0 Å². The van der Waals surface area contributed by atoms with Crippen LogP contribution in [0.15, 0.2) is 23.4 Å². The second-order valence-corrected chi connectivity index (χ2v) is 5.04. The molecule has 0 saturated heterocycles. The second-order valence-electron chi connectivity index (χ2n) is 3.95. The Hall–Kier alpha value is -1.69. The van der Waals surface area contributed by atoms with Crippen LogP contribution < -0.4 is 4.74 Å². The molecule has 2 aromatic rings. The molecule has 0 fully saturated rings. The highest BCUT2D eigenvalue weighted by molar-refractivity contribution is 7.99. The number of carbonyl (C=O) groups excluding carboxylic acids is 1. The molecule has 0 bridgehead atoms. The lowest BCUT2D eigenvalue weighted by molar-refractivity contribution is -0.140. The molecule has 1 aromatic heterocycles. The van der Waals surface area contributed by atoms with E-state index in [-0.39, 0.29) is 5.97 Å². The van der Waals surface area contributed by atoms with Crippen LogP contribution >= 0.6 is 11.8 Å². The summed E-state index contributed by atoms with van der Waals surface area (Å²) >= 11 is 1.60. The monoisotopic (exact) mass is 280 g/mol. The lowest BCUT2D eigenvalue weighted by atomic mass is 10.3. The van der Waals surface area contributed by atoms with Crippen LogP contribution in [0, 0.1) is 0 Å². The number of nitrogens with one attached hydrogen (secondary N) is 1. The van der Waals surface area contributed by atoms with Crippen LogP contribution in [-0.4, -0.2) is 35.9 Å². The predicted molar refractivity (Wildman–Crippen MR) is 74.6 cm³/mol. The van der Waals surface area contributed by atoms with Crippen LogP contribution in [0.25, 0.3) is 11.0 Å². The number of aromatic nitrogens is 2. The number of aromatic amines is 1. The fourth-order valence-corrected chi connectivity index (χ4v) is 2.48. The van der Waals surface area contributed by atoms with Gasteiger partial charge in [-0.25, -0.2) is 4.98 Å². The molecule has 6 heteroatoms. The molecule has 19 heavy (non-hydrogen) atoms. The number of methoxy groups -OCH3 is 2. The van der Waals surface area contributed by atoms with Gasteiger partial charge in [-0.3, -0.25) is 4.79 Å². The number of imidazole rings is 1. The van der Waals surface area contributed by atoms with Crippen molar-refractivity contribution in [3.05, 3.63) is 18.2 Å². The Morgan fingerprint density at radius 3 is 3.00 bits per heavy atom. The number of ether oxygens (including phenoxy) is 2. The van der Waals surface area contributed by atoms with Gasteiger partial charge in [0.05, 0.1) is 25.3 Å². The Morgan fingerprint density at radius 1 is 1.42 bits per heavy atom. The third kappa shape index (κ3) is 3.64. The van der Waals surface area contributed by atoms with E-state index in [1.165, 1.54) is 7.11 Å². The number of esters is 1. The molecule has 1 N–H and O–H groups in total. The molecular weight excluding hydrogens is 264 g/mol. The number of hydrogen-bond donors (Lipinski definition) is 1. The molecular formula is C13H16N2O3S. The third-order valence-electron chi connectivity index (χ3n) is 2.66. The number of hydrogen-bond acceptors (Lipinski definition) is 5. The molecule has 5 nitrogen and oxygen atoms in total. The molecule has 0 radical (unpaired) electrons. The van der Waals surface area contributed by atoms with Crippen molar-refractivity contribution in [1.82, 2.24) is 9.97 Å². The first kappa shape index (κ1) is 13.7. The van der Waals surface area contributed by atoms with Crippen LogP contribution in [0.3, 0.4) is 0 Å². The van der Waals surface area contributed by atoms with Gasteiger partial charge in [-0.2, -0.15) is 0 Å². The summed E-state index contributed by atoms with van der Waals surface area (Å²) in [5.41, 5.74) is 1.87. The molecule has 0 atom stereocenters. The van der Waals surface area contributed by atoms with Crippen LogP contribution in [0.4, 0.5) is 0 Å². The fourth-order valence-electron chi connectivity index (χ4n) is 1.65. The first-order valence-electron chi connectivity index (χ1n) is 5.96. The molecule has 0 amide bonds. The van der Waals surface area contributed by atoms with Crippen molar-refractivity contribution in [2.45, 2.75) is 18.0 Å². The molecule has 2 rings (SSSR count). The molecule has 0 aliphatic carbocycles. The standard InChI is InChI=1S/C13H16N2O3S/c1-17-9-5-6-10-11(8-9)15-13(14-10)19-7-3-4-12(16)18-2/h5-6,8H,3-4,7H2,1-2H3,(H,14,15). The first-order chi connectivity index (χ1) is 9.22. The number of nitrogens with zero attached hydrogens (tertiary/aromatic N) is 1. The summed E-state index contributed by atoms with van der Waals surface area (Å²) in [6, 6.07) is 5.72. The van der Waals surface area contributed by atoms with Crippen LogP contribution in [0.2, 0.25) is 0 Å². The van der Waals surface area contributed by atoms with Crippen molar-refractivity contribution in [1.29, 1.82) is 0 Å². The van der Waals surface area contributed by atoms with Crippen LogP contribution in [0.1, 0.15) is 12.8 Å². The Labute approximate surface area is 115 Å². The normalized spacial score (nSPS) is 10.6. The minimum absolute atomic E-state index is 0.171. The van der Waals surface area contributed by atoms with Crippen molar-refractivity contribution in [2.24, 2.45) is 0 Å². The number of fused-ring (bicyclic) bond motifs is 1. The van der Waals surface area contributed by atoms with E-state index in [4.69, 9.17) is 4.74 Å². The number of benzene rings is 1. The third-order valence-corrected chi connectivity index (χ3v) is 3.62. The zero-order valence-electron chi connectivity index (χ0n) is 10.9.